The summed E-state index contributed by atoms with van der Waals surface area (Å²) in [7, 11) is -3.81. The Morgan fingerprint density at radius 2 is 1.89 bits per heavy atom. The zero-order valence-corrected chi connectivity index (χ0v) is 20.9. The maximum absolute atomic E-state index is 13.3. The van der Waals surface area contributed by atoms with E-state index in [-0.39, 0.29) is 10.9 Å². The largest absolute Gasteiger partial charge is 0.444 e. The van der Waals surface area contributed by atoms with Crippen LogP contribution in [0.1, 0.15) is 32.8 Å². The van der Waals surface area contributed by atoms with Crippen molar-refractivity contribution >= 4 is 38.2 Å². The number of imidazole rings is 1. The zero-order chi connectivity index (χ0) is 25.0. The van der Waals surface area contributed by atoms with Crippen molar-refractivity contribution in [2.45, 2.75) is 50.7 Å². The molecular weight excluding hydrogens is 468 g/mol. The molecule has 0 spiro atoms. The van der Waals surface area contributed by atoms with Gasteiger partial charge in [0.15, 0.2) is 5.65 Å². The van der Waals surface area contributed by atoms with Crippen molar-refractivity contribution in [3.63, 3.8) is 0 Å². The number of hydrogen-bond acceptors (Lipinski definition) is 7. The summed E-state index contributed by atoms with van der Waals surface area (Å²) in [4.78, 5) is 21.3. The molecule has 1 aliphatic rings. The van der Waals surface area contributed by atoms with Gasteiger partial charge in [-0.25, -0.2) is 31.8 Å². The first kappa shape index (κ1) is 23.2. The Bertz CT molecular complexity index is 1520. The van der Waals surface area contributed by atoms with E-state index in [0.29, 0.717) is 29.6 Å². The number of hydrogen-bond donors (Lipinski definition) is 1. The minimum atomic E-state index is -3.81. The Labute approximate surface area is 203 Å². The SMILES string of the molecule is Cc1ccc(S(=O)(=O)n2ccc3c4c(cnc32)ncn4N2CCC(NC(=O)OC(C)(C)C)C2)cc1. The van der Waals surface area contributed by atoms with Crippen LogP contribution in [-0.4, -0.2) is 57.9 Å². The number of amides is 1. The van der Waals surface area contributed by atoms with Crippen LogP contribution < -0.4 is 10.3 Å². The van der Waals surface area contributed by atoms with E-state index >= 15 is 0 Å². The van der Waals surface area contributed by atoms with Crippen LogP contribution >= 0.6 is 0 Å². The number of ether oxygens (including phenoxy) is 1. The highest BCUT2D eigenvalue weighted by molar-refractivity contribution is 7.90. The van der Waals surface area contributed by atoms with Gasteiger partial charge in [-0.15, -0.1) is 0 Å². The number of fused-ring (bicyclic) bond motifs is 3. The molecule has 0 saturated carbocycles. The second kappa shape index (κ2) is 8.26. The molecule has 0 aliphatic carbocycles. The van der Waals surface area contributed by atoms with Gasteiger partial charge in [-0.3, -0.25) is 0 Å². The van der Waals surface area contributed by atoms with Gasteiger partial charge in [0.2, 0.25) is 0 Å². The van der Waals surface area contributed by atoms with Gasteiger partial charge in [0.05, 0.1) is 23.7 Å². The molecule has 5 rings (SSSR count). The van der Waals surface area contributed by atoms with Crippen LogP contribution in [0.2, 0.25) is 0 Å². The molecule has 1 atom stereocenters. The van der Waals surface area contributed by atoms with Gasteiger partial charge in [-0.2, -0.15) is 0 Å². The van der Waals surface area contributed by atoms with Crippen LogP contribution in [0.3, 0.4) is 0 Å². The Hall–Kier alpha value is -3.60. The molecule has 35 heavy (non-hydrogen) atoms. The first-order chi connectivity index (χ1) is 16.5. The van der Waals surface area contributed by atoms with Crippen molar-refractivity contribution in [2.24, 2.45) is 0 Å². The lowest BCUT2D eigenvalue weighted by Gasteiger charge is -2.23. The van der Waals surface area contributed by atoms with Gasteiger partial charge in [0.1, 0.15) is 23.0 Å². The van der Waals surface area contributed by atoms with E-state index in [1.54, 1.807) is 42.9 Å². The summed E-state index contributed by atoms with van der Waals surface area (Å²) in [5.74, 6) is 0. The highest BCUT2D eigenvalue weighted by Crippen LogP contribution is 2.28. The van der Waals surface area contributed by atoms with Crippen LogP contribution in [0.5, 0.6) is 0 Å². The zero-order valence-electron chi connectivity index (χ0n) is 20.1. The molecule has 0 radical (unpaired) electrons. The Morgan fingerprint density at radius 1 is 1.14 bits per heavy atom. The molecule has 3 aromatic heterocycles. The van der Waals surface area contributed by atoms with Crippen molar-refractivity contribution in [2.75, 3.05) is 18.1 Å². The average molecular weight is 497 g/mol. The minimum Gasteiger partial charge on any atom is -0.444 e. The van der Waals surface area contributed by atoms with E-state index in [2.05, 4.69) is 20.3 Å². The molecule has 1 aromatic carbocycles. The molecule has 10 nitrogen and oxygen atoms in total. The standard InChI is InChI=1S/C24H28N6O4S/c1-16-5-7-18(8-6-16)35(32,33)30-12-10-19-21-20(13-25-22(19)30)26-15-29(21)28-11-9-17(14-28)27-23(31)34-24(2,3)4/h5-8,10,12-13,15,17H,9,11,14H2,1-4H3,(H,27,31). The fourth-order valence-electron chi connectivity index (χ4n) is 4.31. The predicted molar refractivity (Wildman–Crippen MR) is 133 cm³/mol. The number of benzene rings is 1. The van der Waals surface area contributed by atoms with Crippen molar-refractivity contribution in [3.05, 3.63) is 54.6 Å². The molecule has 184 valence electrons. The third kappa shape index (κ3) is 4.31. The number of alkyl carbamates (subject to hydrolysis) is 1. The summed E-state index contributed by atoms with van der Waals surface area (Å²) in [5.41, 5.74) is 2.18. The number of nitrogens with one attached hydrogen (secondary N) is 1. The van der Waals surface area contributed by atoms with Gasteiger partial charge >= 0.3 is 6.09 Å². The molecular formula is C24H28N6O4S. The lowest BCUT2D eigenvalue weighted by atomic mass is 10.2. The van der Waals surface area contributed by atoms with E-state index < -0.39 is 21.7 Å². The number of aryl methyl sites for hydroxylation is 1. The average Bonchev–Trinajstić information content (AvgIpc) is 3.49. The number of rotatable bonds is 4. The summed E-state index contributed by atoms with van der Waals surface area (Å²) in [6.45, 7) is 8.66. The van der Waals surface area contributed by atoms with Crippen LogP contribution in [0.25, 0.3) is 22.1 Å². The van der Waals surface area contributed by atoms with E-state index in [4.69, 9.17) is 4.74 Å². The second-order valence-electron chi connectivity index (χ2n) is 9.79. The van der Waals surface area contributed by atoms with Crippen LogP contribution in [0.4, 0.5) is 4.79 Å². The maximum Gasteiger partial charge on any atom is 0.407 e. The molecule has 1 unspecified atom stereocenters. The van der Waals surface area contributed by atoms with Gasteiger partial charge in [-0.05, 0) is 52.3 Å². The minimum absolute atomic E-state index is 0.0776. The van der Waals surface area contributed by atoms with Crippen molar-refractivity contribution in [3.8, 4) is 0 Å². The molecule has 1 N–H and O–H groups in total. The third-order valence-electron chi connectivity index (χ3n) is 5.94. The summed E-state index contributed by atoms with van der Waals surface area (Å²) >= 11 is 0. The van der Waals surface area contributed by atoms with Gasteiger partial charge < -0.3 is 15.1 Å². The van der Waals surface area contributed by atoms with Crippen LogP contribution in [0.15, 0.2) is 53.9 Å². The second-order valence-corrected chi connectivity index (χ2v) is 11.6. The lowest BCUT2D eigenvalue weighted by Crippen LogP contribution is -2.42. The van der Waals surface area contributed by atoms with E-state index in [1.807, 2.05) is 32.4 Å². The quantitative estimate of drug-likeness (QED) is 0.462. The molecule has 4 aromatic rings. The fourth-order valence-corrected chi connectivity index (χ4v) is 5.61. The monoisotopic (exact) mass is 496 g/mol. The predicted octanol–water partition coefficient (Wildman–Crippen LogP) is 3.17. The highest BCUT2D eigenvalue weighted by Gasteiger charge is 2.28. The Morgan fingerprint density at radius 3 is 2.60 bits per heavy atom. The van der Waals surface area contributed by atoms with Crippen molar-refractivity contribution in [1.82, 2.24) is 23.9 Å². The summed E-state index contributed by atoms with van der Waals surface area (Å²) in [5, 5.41) is 5.68. The lowest BCUT2D eigenvalue weighted by molar-refractivity contribution is 0.0508. The molecule has 0 bridgehead atoms. The number of carbonyl (C=O) groups is 1. The first-order valence-electron chi connectivity index (χ1n) is 11.4. The molecule has 4 heterocycles. The normalized spacial score (nSPS) is 16.8. The fraction of sp³-hybridized carbons (Fsp3) is 0.375. The molecule has 1 fully saturated rings. The van der Waals surface area contributed by atoms with Gasteiger partial charge in [0, 0.05) is 18.1 Å². The van der Waals surface area contributed by atoms with E-state index in [1.165, 1.54) is 10.2 Å². The first-order valence-corrected chi connectivity index (χ1v) is 12.9. The summed E-state index contributed by atoms with van der Waals surface area (Å²) < 4.78 is 35.1. The number of aromatic nitrogens is 4. The highest BCUT2D eigenvalue weighted by atomic mass is 32.2. The third-order valence-corrected chi connectivity index (χ3v) is 7.62. The molecule has 1 saturated heterocycles. The van der Waals surface area contributed by atoms with Gasteiger partial charge in [0.25, 0.3) is 10.0 Å². The number of nitrogens with zero attached hydrogens (tertiary/aromatic N) is 5. The molecule has 1 aliphatic heterocycles. The van der Waals surface area contributed by atoms with E-state index in [0.717, 1.165) is 17.5 Å². The number of pyridine rings is 1. The maximum atomic E-state index is 13.3. The Kier molecular flexibility index (Phi) is 5.47. The molecule has 1 amide bonds. The van der Waals surface area contributed by atoms with E-state index in [9.17, 15) is 13.2 Å². The van der Waals surface area contributed by atoms with Crippen LogP contribution in [-0.2, 0) is 14.8 Å². The van der Waals surface area contributed by atoms with Crippen molar-refractivity contribution in [1.29, 1.82) is 0 Å². The van der Waals surface area contributed by atoms with Crippen LogP contribution in [0, 0.1) is 6.92 Å². The topological polar surface area (TPSA) is 111 Å². The van der Waals surface area contributed by atoms with Gasteiger partial charge in [-0.1, -0.05) is 17.7 Å². The number of carbonyl (C=O) groups excluding carboxylic acids is 1. The summed E-state index contributed by atoms with van der Waals surface area (Å²) in [6.07, 6.45) is 5.12. The molecule has 11 heteroatoms. The Balaban J connectivity index is 1.46. The van der Waals surface area contributed by atoms with Crippen molar-refractivity contribution < 1.29 is 17.9 Å². The summed E-state index contributed by atoms with van der Waals surface area (Å²) in [6, 6.07) is 8.41. The smallest absolute Gasteiger partial charge is 0.407 e.